The Hall–Kier alpha value is -2.11. The Bertz CT molecular complexity index is 870. The summed E-state index contributed by atoms with van der Waals surface area (Å²) in [4.78, 5) is 2.35. The van der Waals surface area contributed by atoms with E-state index >= 15 is 0 Å². The summed E-state index contributed by atoms with van der Waals surface area (Å²) in [5.41, 5.74) is 3.69. The van der Waals surface area contributed by atoms with Crippen molar-refractivity contribution in [1.29, 1.82) is 0 Å². The summed E-state index contributed by atoms with van der Waals surface area (Å²) in [6.07, 6.45) is 3.59. The second-order valence-corrected chi connectivity index (χ2v) is 8.43. The topological polar surface area (TPSA) is 44.3 Å². The van der Waals surface area contributed by atoms with Gasteiger partial charge in [-0.15, -0.1) is 0 Å². The number of nitrogens with one attached hydrogen (secondary N) is 2. The van der Waals surface area contributed by atoms with E-state index in [1.165, 1.54) is 28.9 Å². The normalized spacial score (nSPS) is 11.0. The molecule has 3 aromatic rings. The van der Waals surface area contributed by atoms with Crippen molar-refractivity contribution in [2.75, 3.05) is 19.6 Å². The minimum absolute atomic E-state index is 0.0700. The van der Waals surface area contributed by atoms with Gasteiger partial charge in [0.05, 0.1) is 6.61 Å². The SMILES string of the molecule is OCc1ccccc1Sc1ccccc1CNCCNCCCCc1ccccc1. The second-order valence-electron chi connectivity index (χ2n) is 7.35. The third-order valence-corrected chi connectivity index (χ3v) is 6.28. The number of aliphatic hydroxyl groups excluding tert-OH is 1. The molecule has 0 saturated heterocycles. The van der Waals surface area contributed by atoms with Crippen LogP contribution >= 0.6 is 11.8 Å². The van der Waals surface area contributed by atoms with Crippen LogP contribution in [0.3, 0.4) is 0 Å². The highest BCUT2D eigenvalue weighted by atomic mass is 32.2. The molecule has 3 rings (SSSR count). The fourth-order valence-electron chi connectivity index (χ4n) is 3.35. The van der Waals surface area contributed by atoms with Crippen molar-refractivity contribution >= 4 is 11.8 Å². The molecular weight excluding hydrogens is 388 g/mol. The summed E-state index contributed by atoms with van der Waals surface area (Å²) in [5, 5.41) is 16.6. The smallest absolute Gasteiger partial charge is 0.0692 e. The number of rotatable bonds is 13. The molecule has 4 heteroatoms. The summed E-state index contributed by atoms with van der Waals surface area (Å²) in [6, 6.07) is 27.2. The van der Waals surface area contributed by atoms with Crippen molar-refractivity contribution in [3.8, 4) is 0 Å². The molecule has 30 heavy (non-hydrogen) atoms. The number of unbranched alkanes of at least 4 members (excludes halogenated alkanes) is 1. The van der Waals surface area contributed by atoms with Crippen LogP contribution in [-0.2, 0) is 19.6 Å². The number of hydrogen-bond acceptors (Lipinski definition) is 4. The molecule has 0 aliphatic heterocycles. The number of aliphatic hydroxyl groups is 1. The maximum Gasteiger partial charge on any atom is 0.0692 e. The van der Waals surface area contributed by atoms with E-state index < -0.39 is 0 Å². The summed E-state index contributed by atoms with van der Waals surface area (Å²) in [5.74, 6) is 0. The second kappa shape index (κ2) is 13.2. The van der Waals surface area contributed by atoms with Gasteiger partial charge in [0.25, 0.3) is 0 Å². The Morgan fingerprint density at radius 2 is 1.27 bits per heavy atom. The first-order valence-corrected chi connectivity index (χ1v) is 11.6. The molecule has 3 nitrogen and oxygen atoms in total. The molecule has 0 spiro atoms. The number of hydrogen-bond donors (Lipinski definition) is 3. The molecule has 0 aliphatic carbocycles. The van der Waals surface area contributed by atoms with Gasteiger partial charge in [-0.1, -0.05) is 78.5 Å². The van der Waals surface area contributed by atoms with Gasteiger partial charge < -0.3 is 15.7 Å². The summed E-state index contributed by atoms with van der Waals surface area (Å²) in [6.45, 7) is 3.92. The Balaban J connectivity index is 1.33. The zero-order valence-corrected chi connectivity index (χ0v) is 18.3. The maximum absolute atomic E-state index is 9.57. The first kappa shape index (κ1) is 22.6. The van der Waals surface area contributed by atoms with Crippen LogP contribution in [0.2, 0.25) is 0 Å². The molecule has 3 N–H and O–H groups in total. The number of aryl methyl sites for hydroxylation is 1. The average molecular weight is 421 g/mol. The summed E-state index contributed by atoms with van der Waals surface area (Å²) < 4.78 is 0. The van der Waals surface area contributed by atoms with Crippen molar-refractivity contribution in [3.63, 3.8) is 0 Å². The molecule has 0 radical (unpaired) electrons. The van der Waals surface area contributed by atoms with Gasteiger partial charge >= 0.3 is 0 Å². The largest absolute Gasteiger partial charge is 0.392 e. The fraction of sp³-hybridized carbons (Fsp3) is 0.308. The highest BCUT2D eigenvalue weighted by Crippen LogP contribution is 2.32. The van der Waals surface area contributed by atoms with Gasteiger partial charge in [-0.3, -0.25) is 0 Å². The van der Waals surface area contributed by atoms with Crippen LogP contribution in [0.5, 0.6) is 0 Å². The van der Waals surface area contributed by atoms with E-state index in [-0.39, 0.29) is 6.61 Å². The van der Waals surface area contributed by atoms with E-state index in [0.29, 0.717) is 0 Å². The van der Waals surface area contributed by atoms with E-state index in [1.807, 2.05) is 18.2 Å². The van der Waals surface area contributed by atoms with Crippen LogP contribution in [0, 0.1) is 0 Å². The highest BCUT2D eigenvalue weighted by molar-refractivity contribution is 7.99. The molecule has 0 aromatic heterocycles. The van der Waals surface area contributed by atoms with E-state index in [4.69, 9.17) is 0 Å². The van der Waals surface area contributed by atoms with Gasteiger partial charge in [0.15, 0.2) is 0 Å². The zero-order valence-electron chi connectivity index (χ0n) is 17.5. The van der Waals surface area contributed by atoms with Crippen LogP contribution in [-0.4, -0.2) is 24.7 Å². The monoisotopic (exact) mass is 420 g/mol. The van der Waals surface area contributed by atoms with Crippen LogP contribution in [0.4, 0.5) is 0 Å². The molecule has 0 atom stereocenters. The third-order valence-electron chi connectivity index (χ3n) is 5.04. The first-order valence-electron chi connectivity index (χ1n) is 10.8. The molecule has 158 valence electrons. The summed E-state index contributed by atoms with van der Waals surface area (Å²) in [7, 11) is 0. The number of benzene rings is 3. The van der Waals surface area contributed by atoms with E-state index in [1.54, 1.807) is 11.8 Å². The van der Waals surface area contributed by atoms with Crippen molar-refractivity contribution < 1.29 is 5.11 Å². The molecule has 0 bridgehead atoms. The van der Waals surface area contributed by atoms with E-state index in [2.05, 4.69) is 71.3 Å². The van der Waals surface area contributed by atoms with Crippen molar-refractivity contribution in [2.45, 2.75) is 42.2 Å². The lowest BCUT2D eigenvalue weighted by molar-refractivity contribution is 0.279. The van der Waals surface area contributed by atoms with Crippen LogP contribution in [0.1, 0.15) is 29.5 Å². The lowest BCUT2D eigenvalue weighted by Crippen LogP contribution is -2.27. The van der Waals surface area contributed by atoms with Gasteiger partial charge in [-0.2, -0.15) is 0 Å². The van der Waals surface area contributed by atoms with Gasteiger partial charge in [0.2, 0.25) is 0 Å². The molecule has 0 unspecified atom stereocenters. The standard InChI is InChI=1S/C26H32N2OS/c29-21-24-14-5-7-16-26(24)30-25-15-6-4-13-23(25)20-28-19-18-27-17-9-8-12-22-10-2-1-3-11-22/h1-7,10-11,13-16,27-29H,8-9,12,17-21H2. The Kier molecular flexibility index (Phi) is 9.97. The van der Waals surface area contributed by atoms with Gasteiger partial charge in [-0.05, 0) is 54.6 Å². The third kappa shape index (κ3) is 7.62. The summed E-state index contributed by atoms with van der Waals surface area (Å²) >= 11 is 1.73. The molecule has 0 aliphatic rings. The van der Waals surface area contributed by atoms with E-state index in [0.717, 1.165) is 43.1 Å². The Morgan fingerprint density at radius 3 is 2.03 bits per heavy atom. The molecular formula is C26H32N2OS. The molecule has 3 aromatic carbocycles. The average Bonchev–Trinajstić information content (AvgIpc) is 2.80. The molecule has 0 heterocycles. The van der Waals surface area contributed by atoms with Crippen LogP contribution < -0.4 is 10.6 Å². The van der Waals surface area contributed by atoms with Crippen LogP contribution in [0.25, 0.3) is 0 Å². The predicted octanol–water partition coefficient (Wildman–Crippen LogP) is 5.03. The van der Waals surface area contributed by atoms with E-state index in [9.17, 15) is 5.11 Å². The minimum Gasteiger partial charge on any atom is -0.392 e. The van der Waals surface area contributed by atoms with Gasteiger partial charge in [0.1, 0.15) is 0 Å². The lowest BCUT2D eigenvalue weighted by atomic mass is 10.1. The van der Waals surface area contributed by atoms with Gasteiger partial charge in [0, 0.05) is 29.4 Å². The van der Waals surface area contributed by atoms with Crippen molar-refractivity contribution in [3.05, 3.63) is 95.6 Å². The quantitative estimate of drug-likeness (QED) is 0.339. The Labute approximate surface area is 184 Å². The van der Waals surface area contributed by atoms with Gasteiger partial charge in [-0.25, -0.2) is 0 Å². The molecule has 0 saturated carbocycles. The fourth-order valence-corrected chi connectivity index (χ4v) is 4.42. The van der Waals surface area contributed by atoms with Crippen molar-refractivity contribution in [1.82, 2.24) is 10.6 Å². The van der Waals surface area contributed by atoms with Crippen molar-refractivity contribution in [2.24, 2.45) is 0 Å². The predicted molar refractivity (Wildman–Crippen MR) is 127 cm³/mol. The highest BCUT2D eigenvalue weighted by Gasteiger charge is 2.07. The minimum atomic E-state index is 0.0700. The Morgan fingerprint density at radius 1 is 0.633 bits per heavy atom. The molecule has 0 fully saturated rings. The van der Waals surface area contributed by atoms with Crippen LogP contribution in [0.15, 0.2) is 88.7 Å². The lowest BCUT2D eigenvalue weighted by Gasteiger charge is -2.12. The maximum atomic E-state index is 9.57. The first-order chi connectivity index (χ1) is 14.9. The zero-order chi connectivity index (χ0) is 20.9. The molecule has 0 amide bonds.